The van der Waals surface area contributed by atoms with Gasteiger partial charge in [0.15, 0.2) is 0 Å². The van der Waals surface area contributed by atoms with E-state index in [0.29, 0.717) is 27.2 Å². The summed E-state index contributed by atoms with van der Waals surface area (Å²) in [4.78, 5) is 43.4. The Kier molecular flexibility index (Phi) is 9.07. The molecule has 0 bridgehead atoms. The van der Waals surface area contributed by atoms with Gasteiger partial charge in [0.2, 0.25) is 5.13 Å². The summed E-state index contributed by atoms with van der Waals surface area (Å²) in [5.74, 6) is 0. The average molecular weight is 649 g/mol. The van der Waals surface area contributed by atoms with Gasteiger partial charge < -0.3 is 14.8 Å². The molecule has 0 radical (unpaired) electrons. The zero-order chi connectivity index (χ0) is 33.5. The number of alkyl halides is 3. The van der Waals surface area contributed by atoms with Crippen LogP contribution in [0.3, 0.4) is 0 Å². The number of aromatic amines is 1. The third-order valence-corrected chi connectivity index (χ3v) is 7.85. The second kappa shape index (κ2) is 12.2. The van der Waals surface area contributed by atoms with Crippen molar-refractivity contribution in [3.05, 3.63) is 64.1 Å². The summed E-state index contributed by atoms with van der Waals surface area (Å²) < 4.78 is 46.7. The molecule has 4 aromatic rings. The van der Waals surface area contributed by atoms with Crippen LogP contribution in [0, 0.1) is 0 Å². The summed E-state index contributed by atoms with van der Waals surface area (Å²) in [5.41, 5.74) is -0.627. The van der Waals surface area contributed by atoms with Crippen LogP contribution in [-0.2, 0) is 24.4 Å². The van der Waals surface area contributed by atoms with Gasteiger partial charge in [-0.25, -0.2) is 19.3 Å². The smallest absolute Gasteiger partial charge is 0.416 e. The molecular weight excluding hydrogens is 613 g/mol. The zero-order valence-corrected chi connectivity index (χ0v) is 26.7. The maximum Gasteiger partial charge on any atom is 0.416 e. The van der Waals surface area contributed by atoms with Crippen molar-refractivity contribution in [2.75, 3.05) is 11.4 Å². The van der Waals surface area contributed by atoms with E-state index in [9.17, 15) is 32.7 Å². The monoisotopic (exact) mass is 648 g/mol. The Balaban J connectivity index is 1.76. The molecule has 242 valence electrons. The maximum absolute atomic E-state index is 13.6. The minimum absolute atomic E-state index is 0.00908. The lowest BCUT2D eigenvalue weighted by Crippen LogP contribution is -2.56. The van der Waals surface area contributed by atoms with Crippen LogP contribution < -0.4 is 10.6 Å². The zero-order valence-electron chi connectivity index (χ0n) is 25.9. The van der Waals surface area contributed by atoms with Gasteiger partial charge in [0.1, 0.15) is 10.6 Å². The Morgan fingerprint density at radius 3 is 2.24 bits per heavy atom. The summed E-state index contributed by atoms with van der Waals surface area (Å²) in [6.07, 6.45) is -6.61. The Hall–Kier alpha value is -4.40. The summed E-state index contributed by atoms with van der Waals surface area (Å²) in [5, 5.41) is 19.3. The Labute approximate surface area is 261 Å². The normalized spacial score (nSPS) is 13.1. The fourth-order valence-electron chi connectivity index (χ4n) is 4.89. The third-order valence-electron chi connectivity index (χ3n) is 6.85. The number of ether oxygens (including phenoxy) is 1. The van der Waals surface area contributed by atoms with Crippen molar-refractivity contribution in [2.45, 2.75) is 71.3 Å². The number of nitrogens with zero attached hydrogens (tertiary/aromatic N) is 5. The van der Waals surface area contributed by atoms with Gasteiger partial charge in [-0.1, -0.05) is 23.5 Å². The number of hydrogen-bond donors (Lipinski definition) is 2. The average Bonchev–Trinajstić information content (AvgIpc) is 3.49. The number of carbonyl (C=O) groups excluding carboxylic acids is 1. The van der Waals surface area contributed by atoms with E-state index in [2.05, 4.69) is 15.2 Å². The number of aromatic nitrogens is 4. The molecule has 0 fully saturated rings. The van der Waals surface area contributed by atoms with Crippen molar-refractivity contribution < 1.29 is 32.6 Å². The topological polar surface area (TPSA) is 134 Å². The quantitative estimate of drug-likeness (QED) is 0.233. The van der Waals surface area contributed by atoms with E-state index in [1.165, 1.54) is 26.5 Å². The fraction of sp³-hybridized carbons (Fsp3) is 0.433. The van der Waals surface area contributed by atoms with E-state index >= 15 is 0 Å². The molecule has 1 atom stereocenters. The van der Waals surface area contributed by atoms with Gasteiger partial charge in [0, 0.05) is 18.2 Å². The van der Waals surface area contributed by atoms with Crippen molar-refractivity contribution in [1.82, 2.24) is 24.6 Å². The van der Waals surface area contributed by atoms with Gasteiger partial charge in [-0.3, -0.25) is 9.47 Å². The molecule has 0 saturated carbocycles. The molecule has 0 aliphatic carbocycles. The summed E-state index contributed by atoms with van der Waals surface area (Å²) in [7, 11) is 1.63. The molecule has 15 heteroatoms. The molecule has 2 aromatic carbocycles. The number of hydrogen-bond acceptors (Lipinski definition) is 7. The lowest BCUT2D eigenvalue weighted by Gasteiger charge is -2.41. The SMILES string of the molecule is Cn1c(=O)[nH]c2ccc(-c3nnc(N(C[C@H](Cc4ccc(C(F)(F)F)cc4)N(C(=O)O)C(C)(C)C)C(=O)OC(C)(C)C)s3)cc21. The first-order valence-electron chi connectivity index (χ1n) is 14.0. The highest BCUT2D eigenvalue weighted by Crippen LogP contribution is 2.33. The Morgan fingerprint density at radius 1 is 1.04 bits per heavy atom. The molecule has 2 amide bonds. The largest absolute Gasteiger partial charge is 0.465 e. The van der Waals surface area contributed by atoms with E-state index in [-0.39, 0.29) is 23.8 Å². The second-order valence-corrected chi connectivity index (χ2v) is 13.5. The van der Waals surface area contributed by atoms with Crippen LogP contribution in [0.15, 0.2) is 47.3 Å². The van der Waals surface area contributed by atoms with Gasteiger partial charge in [-0.05, 0) is 83.9 Å². The number of rotatable bonds is 7. The first kappa shape index (κ1) is 33.5. The standard InChI is InChI=1S/C30H35F3N6O5S/c1-28(2,3)39(26(41)42)20(14-17-8-11-19(12-9-17)30(31,32)33)16-38(27(43)44-29(4,5)6)25-36-35-23(45-25)18-10-13-21-22(15-18)37(7)24(40)34-21/h8-13,15,20H,14,16H2,1-7H3,(H,34,40)(H,41,42)/t20-/m0/s1. The number of fused-ring (bicyclic) bond motifs is 1. The molecule has 0 aliphatic rings. The van der Waals surface area contributed by atoms with Crippen LogP contribution in [0.1, 0.15) is 52.7 Å². The van der Waals surface area contributed by atoms with Crippen molar-refractivity contribution >= 4 is 39.7 Å². The molecule has 0 saturated heterocycles. The van der Waals surface area contributed by atoms with Crippen LogP contribution >= 0.6 is 11.3 Å². The maximum atomic E-state index is 13.6. The molecule has 11 nitrogen and oxygen atoms in total. The number of H-pyrrole nitrogens is 1. The third kappa shape index (κ3) is 7.82. The summed E-state index contributed by atoms with van der Waals surface area (Å²) in [6, 6.07) is 8.78. The van der Waals surface area contributed by atoms with Gasteiger partial charge in [0.25, 0.3) is 0 Å². The minimum Gasteiger partial charge on any atom is -0.465 e. The molecular formula is C30H35F3N6O5S. The second-order valence-electron chi connectivity index (χ2n) is 12.6. The lowest BCUT2D eigenvalue weighted by molar-refractivity contribution is -0.137. The minimum atomic E-state index is -4.53. The number of anilines is 1. The predicted octanol–water partition coefficient (Wildman–Crippen LogP) is 6.54. The van der Waals surface area contributed by atoms with E-state index in [1.807, 2.05) is 0 Å². The number of amides is 2. The lowest BCUT2D eigenvalue weighted by atomic mass is 9.97. The first-order chi connectivity index (χ1) is 20.7. The molecule has 0 unspecified atom stereocenters. The molecule has 45 heavy (non-hydrogen) atoms. The van der Waals surface area contributed by atoms with Gasteiger partial charge in [-0.2, -0.15) is 13.2 Å². The van der Waals surface area contributed by atoms with Crippen molar-refractivity contribution in [3.63, 3.8) is 0 Å². The van der Waals surface area contributed by atoms with Crippen LogP contribution in [-0.4, -0.2) is 65.7 Å². The molecule has 4 rings (SSSR count). The van der Waals surface area contributed by atoms with Crippen LogP contribution in [0.4, 0.5) is 27.9 Å². The fourth-order valence-corrected chi connectivity index (χ4v) is 5.73. The summed E-state index contributed by atoms with van der Waals surface area (Å²) >= 11 is 1.06. The van der Waals surface area contributed by atoms with E-state index < -0.39 is 41.1 Å². The van der Waals surface area contributed by atoms with Gasteiger partial charge in [-0.15, -0.1) is 10.2 Å². The number of imidazole rings is 1. The number of carboxylic acid groups (broad SMARTS) is 1. The number of halogens is 3. The molecule has 2 N–H and O–H groups in total. The number of carbonyl (C=O) groups is 2. The van der Waals surface area contributed by atoms with Crippen LogP contribution in [0.5, 0.6) is 0 Å². The Morgan fingerprint density at radius 2 is 1.69 bits per heavy atom. The summed E-state index contributed by atoms with van der Waals surface area (Å²) in [6.45, 7) is 9.88. The number of benzene rings is 2. The first-order valence-corrected chi connectivity index (χ1v) is 14.8. The molecule has 0 aliphatic heterocycles. The van der Waals surface area contributed by atoms with E-state index in [4.69, 9.17) is 4.74 Å². The van der Waals surface area contributed by atoms with Crippen molar-refractivity contribution in [3.8, 4) is 10.6 Å². The number of aryl methyl sites for hydroxylation is 1. The highest BCUT2D eigenvalue weighted by Gasteiger charge is 2.38. The van der Waals surface area contributed by atoms with Crippen LogP contribution in [0.2, 0.25) is 0 Å². The molecule has 2 heterocycles. The van der Waals surface area contributed by atoms with Crippen molar-refractivity contribution in [1.29, 1.82) is 0 Å². The molecule has 0 spiro atoms. The highest BCUT2D eigenvalue weighted by atomic mass is 32.1. The predicted molar refractivity (Wildman–Crippen MR) is 165 cm³/mol. The van der Waals surface area contributed by atoms with Crippen LogP contribution in [0.25, 0.3) is 21.6 Å². The van der Waals surface area contributed by atoms with E-state index in [1.54, 1.807) is 66.8 Å². The number of nitrogens with one attached hydrogen (secondary N) is 1. The Bertz CT molecular complexity index is 1750. The van der Waals surface area contributed by atoms with E-state index in [0.717, 1.165) is 23.5 Å². The molecule has 2 aromatic heterocycles. The van der Waals surface area contributed by atoms with Gasteiger partial charge in [0.05, 0.1) is 29.2 Å². The van der Waals surface area contributed by atoms with Gasteiger partial charge >= 0.3 is 24.1 Å². The van der Waals surface area contributed by atoms with Crippen molar-refractivity contribution in [2.24, 2.45) is 7.05 Å². The highest BCUT2D eigenvalue weighted by molar-refractivity contribution is 7.18.